The number of aryl methyl sites for hydroxylation is 1. The van der Waals surface area contributed by atoms with E-state index in [2.05, 4.69) is 4.98 Å². The fraction of sp³-hybridized carbons (Fsp3) is 0.227. The van der Waals surface area contributed by atoms with Gasteiger partial charge >= 0.3 is 11.9 Å². The summed E-state index contributed by atoms with van der Waals surface area (Å²) in [6.45, 7) is 1.50. The largest absolute Gasteiger partial charge is 0.465 e. The number of para-hydroxylation sites is 1. The predicted molar refractivity (Wildman–Crippen MR) is 114 cm³/mol. The number of carbonyl (C=O) groups excluding carboxylic acids is 2. The highest BCUT2D eigenvalue weighted by molar-refractivity contribution is 7.89. The zero-order valence-electron chi connectivity index (χ0n) is 17.6. The van der Waals surface area contributed by atoms with Gasteiger partial charge in [0.15, 0.2) is 0 Å². The molecule has 0 unspecified atom stereocenters. The Morgan fingerprint density at radius 1 is 1.03 bits per heavy atom. The van der Waals surface area contributed by atoms with Gasteiger partial charge in [0.05, 0.1) is 34.3 Å². The lowest BCUT2D eigenvalue weighted by Gasteiger charge is -2.14. The van der Waals surface area contributed by atoms with E-state index >= 15 is 0 Å². The standard InChI is InChI=1S/C22H22N2O6S/c1-14-17-10-5-6-11-18(17)23-19(20(14)22(26)29-4)13-30-21(25)15-8-7-9-16(12-15)31(27,28)24(2)3/h5-12H,13H2,1-4H3. The lowest BCUT2D eigenvalue weighted by atomic mass is 10.0. The minimum Gasteiger partial charge on any atom is -0.465 e. The Morgan fingerprint density at radius 2 is 1.74 bits per heavy atom. The minimum atomic E-state index is -3.70. The Balaban J connectivity index is 1.93. The maximum Gasteiger partial charge on any atom is 0.340 e. The number of benzene rings is 2. The molecule has 0 aliphatic carbocycles. The van der Waals surface area contributed by atoms with E-state index in [-0.39, 0.29) is 28.3 Å². The van der Waals surface area contributed by atoms with Crippen LogP contribution in [-0.2, 0) is 26.1 Å². The molecule has 0 amide bonds. The van der Waals surface area contributed by atoms with Crippen LogP contribution in [0.1, 0.15) is 32.0 Å². The summed E-state index contributed by atoms with van der Waals surface area (Å²) in [5.74, 6) is -1.32. The molecule has 0 N–H and O–H groups in total. The van der Waals surface area contributed by atoms with Gasteiger partial charge in [-0.15, -0.1) is 0 Å². The molecule has 0 saturated heterocycles. The summed E-state index contributed by atoms with van der Waals surface area (Å²) in [5, 5.41) is 0.791. The number of hydrogen-bond acceptors (Lipinski definition) is 7. The van der Waals surface area contributed by atoms with Gasteiger partial charge in [-0.25, -0.2) is 27.3 Å². The van der Waals surface area contributed by atoms with Gasteiger partial charge in [-0.2, -0.15) is 0 Å². The monoisotopic (exact) mass is 442 g/mol. The smallest absolute Gasteiger partial charge is 0.340 e. The topological polar surface area (TPSA) is 103 Å². The normalized spacial score (nSPS) is 11.5. The predicted octanol–water partition coefficient (Wildman–Crippen LogP) is 2.94. The maximum atomic E-state index is 12.6. The van der Waals surface area contributed by atoms with E-state index in [0.29, 0.717) is 11.1 Å². The van der Waals surface area contributed by atoms with E-state index < -0.39 is 22.0 Å². The Labute approximate surface area is 180 Å². The molecule has 1 aromatic heterocycles. The average molecular weight is 442 g/mol. The van der Waals surface area contributed by atoms with Crippen molar-refractivity contribution in [1.29, 1.82) is 0 Å². The molecule has 0 spiro atoms. The molecule has 0 fully saturated rings. The van der Waals surface area contributed by atoms with E-state index in [1.807, 2.05) is 18.2 Å². The van der Waals surface area contributed by atoms with Crippen LogP contribution in [-0.4, -0.2) is 50.9 Å². The summed E-state index contributed by atoms with van der Waals surface area (Å²) in [5.41, 5.74) is 1.88. The summed E-state index contributed by atoms with van der Waals surface area (Å²) in [4.78, 5) is 29.4. The van der Waals surface area contributed by atoms with Crippen LogP contribution in [0.4, 0.5) is 0 Å². The lowest BCUT2D eigenvalue weighted by Crippen LogP contribution is -2.22. The van der Waals surface area contributed by atoms with E-state index in [9.17, 15) is 18.0 Å². The SMILES string of the molecule is COC(=O)c1c(COC(=O)c2cccc(S(=O)(=O)N(C)C)c2)nc2ccccc2c1C. The fourth-order valence-corrected chi connectivity index (χ4v) is 4.08. The molecule has 8 nitrogen and oxygen atoms in total. The van der Waals surface area contributed by atoms with Crippen molar-refractivity contribution < 1.29 is 27.5 Å². The zero-order chi connectivity index (χ0) is 22.8. The van der Waals surface area contributed by atoms with Crippen LogP contribution in [0.15, 0.2) is 53.4 Å². The second kappa shape index (κ2) is 8.83. The summed E-state index contributed by atoms with van der Waals surface area (Å²) in [6, 6.07) is 12.9. The Bertz CT molecular complexity index is 1270. The summed E-state index contributed by atoms with van der Waals surface area (Å²) in [7, 11) is 0.378. The molecule has 0 aliphatic heterocycles. The summed E-state index contributed by atoms with van der Waals surface area (Å²) >= 11 is 0. The van der Waals surface area contributed by atoms with E-state index in [1.54, 1.807) is 13.0 Å². The van der Waals surface area contributed by atoms with E-state index in [1.165, 1.54) is 45.5 Å². The number of fused-ring (bicyclic) bond motifs is 1. The minimum absolute atomic E-state index is 0.0260. The molecular formula is C22H22N2O6S. The molecule has 0 radical (unpaired) electrons. The zero-order valence-corrected chi connectivity index (χ0v) is 18.4. The lowest BCUT2D eigenvalue weighted by molar-refractivity contribution is 0.0455. The Hall–Kier alpha value is -3.30. The molecule has 1 heterocycles. The molecule has 0 aliphatic rings. The van der Waals surface area contributed by atoms with Crippen LogP contribution in [0.5, 0.6) is 0 Å². The third kappa shape index (κ3) is 4.42. The van der Waals surface area contributed by atoms with E-state index in [0.717, 1.165) is 9.69 Å². The quantitative estimate of drug-likeness (QED) is 0.541. The van der Waals surface area contributed by atoms with Gasteiger partial charge < -0.3 is 9.47 Å². The third-order valence-corrected chi connectivity index (χ3v) is 6.62. The second-order valence-corrected chi connectivity index (χ2v) is 9.11. The number of pyridine rings is 1. The first kappa shape index (κ1) is 22.4. The van der Waals surface area contributed by atoms with Gasteiger partial charge in [0.2, 0.25) is 10.0 Å². The van der Waals surface area contributed by atoms with Crippen LogP contribution in [0.25, 0.3) is 10.9 Å². The molecule has 2 aromatic carbocycles. The maximum absolute atomic E-state index is 12.6. The van der Waals surface area contributed by atoms with Gasteiger partial charge in [0, 0.05) is 19.5 Å². The number of ether oxygens (including phenoxy) is 2. The van der Waals surface area contributed by atoms with E-state index in [4.69, 9.17) is 9.47 Å². The second-order valence-electron chi connectivity index (χ2n) is 6.96. The molecule has 0 atom stereocenters. The molecule has 0 bridgehead atoms. The number of carbonyl (C=O) groups is 2. The number of aromatic nitrogens is 1. The highest BCUT2D eigenvalue weighted by Gasteiger charge is 2.22. The van der Waals surface area contributed by atoms with Crippen LogP contribution >= 0.6 is 0 Å². The first-order chi connectivity index (χ1) is 14.7. The number of methoxy groups -OCH3 is 1. The van der Waals surface area contributed by atoms with Crippen molar-refractivity contribution in [3.63, 3.8) is 0 Å². The van der Waals surface area contributed by atoms with Crippen molar-refractivity contribution in [1.82, 2.24) is 9.29 Å². The summed E-state index contributed by atoms with van der Waals surface area (Å²) < 4.78 is 35.9. The van der Waals surface area contributed by atoms with Gasteiger partial charge in [0.25, 0.3) is 0 Å². The fourth-order valence-electron chi connectivity index (χ4n) is 3.13. The van der Waals surface area contributed by atoms with Gasteiger partial charge in [-0.05, 0) is 36.8 Å². The third-order valence-electron chi connectivity index (χ3n) is 4.80. The van der Waals surface area contributed by atoms with Crippen LogP contribution in [0.2, 0.25) is 0 Å². The molecular weight excluding hydrogens is 420 g/mol. The number of esters is 2. The van der Waals surface area contributed by atoms with Crippen molar-refractivity contribution in [2.75, 3.05) is 21.2 Å². The highest BCUT2D eigenvalue weighted by Crippen LogP contribution is 2.24. The number of rotatable bonds is 6. The number of sulfonamides is 1. The van der Waals surface area contributed by atoms with Crippen LogP contribution in [0.3, 0.4) is 0 Å². The number of hydrogen-bond donors (Lipinski definition) is 0. The van der Waals surface area contributed by atoms with Gasteiger partial charge in [0.1, 0.15) is 6.61 Å². The van der Waals surface area contributed by atoms with Crippen molar-refractivity contribution in [2.24, 2.45) is 0 Å². The molecule has 3 aromatic rings. The molecule has 0 saturated carbocycles. The summed E-state index contributed by atoms with van der Waals surface area (Å²) in [6.07, 6.45) is 0. The van der Waals surface area contributed by atoms with Crippen molar-refractivity contribution in [2.45, 2.75) is 18.4 Å². The average Bonchev–Trinajstić information content (AvgIpc) is 2.77. The first-order valence-electron chi connectivity index (χ1n) is 9.33. The molecule has 31 heavy (non-hydrogen) atoms. The van der Waals surface area contributed by atoms with Crippen molar-refractivity contribution in [3.05, 3.63) is 70.9 Å². The first-order valence-corrected chi connectivity index (χ1v) is 10.8. The van der Waals surface area contributed by atoms with Crippen LogP contribution in [0, 0.1) is 6.92 Å². The number of nitrogens with zero attached hydrogens (tertiary/aromatic N) is 2. The molecule has 3 rings (SSSR count). The molecule has 9 heteroatoms. The molecule has 162 valence electrons. The van der Waals surface area contributed by atoms with Crippen molar-refractivity contribution in [3.8, 4) is 0 Å². The van der Waals surface area contributed by atoms with Crippen LogP contribution < -0.4 is 0 Å². The van der Waals surface area contributed by atoms with Gasteiger partial charge in [-0.3, -0.25) is 0 Å². The highest BCUT2D eigenvalue weighted by atomic mass is 32.2. The Morgan fingerprint density at radius 3 is 2.42 bits per heavy atom. The van der Waals surface area contributed by atoms with Crippen molar-refractivity contribution >= 4 is 32.9 Å². The Kier molecular flexibility index (Phi) is 6.37. The van der Waals surface area contributed by atoms with Gasteiger partial charge in [-0.1, -0.05) is 24.3 Å².